The highest BCUT2D eigenvalue weighted by Gasteiger charge is 2.09. The SMILES string of the molecule is Cc1cc(NCCCN2CCCC2)ccc1N. The van der Waals surface area contributed by atoms with E-state index in [1.165, 1.54) is 44.6 Å². The van der Waals surface area contributed by atoms with Gasteiger partial charge >= 0.3 is 0 Å². The Morgan fingerprint density at radius 3 is 2.76 bits per heavy atom. The Morgan fingerprint density at radius 1 is 1.29 bits per heavy atom. The molecule has 3 nitrogen and oxygen atoms in total. The van der Waals surface area contributed by atoms with Crippen LogP contribution in [0.5, 0.6) is 0 Å². The molecule has 0 aliphatic carbocycles. The molecule has 2 rings (SSSR count). The molecular weight excluding hydrogens is 210 g/mol. The molecule has 1 heterocycles. The molecule has 3 heteroatoms. The normalized spacial score (nSPS) is 16.3. The zero-order valence-electron chi connectivity index (χ0n) is 10.7. The van der Waals surface area contributed by atoms with Gasteiger partial charge in [-0.3, -0.25) is 0 Å². The molecule has 0 saturated carbocycles. The standard InChI is InChI=1S/C14H23N3/c1-12-11-13(5-6-14(12)15)16-7-4-10-17-8-2-3-9-17/h5-6,11,16H,2-4,7-10,15H2,1H3. The summed E-state index contributed by atoms with van der Waals surface area (Å²) in [6, 6.07) is 6.14. The largest absolute Gasteiger partial charge is 0.399 e. The molecule has 0 bridgehead atoms. The summed E-state index contributed by atoms with van der Waals surface area (Å²) in [5, 5.41) is 3.45. The van der Waals surface area contributed by atoms with Gasteiger partial charge in [0.25, 0.3) is 0 Å². The van der Waals surface area contributed by atoms with Crippen LogP contribution in [-0.2, 0) is 0 Å². The fourth-order valence-electron chi connectivity index (χ4n) is 2.33. The maximum Gasteiger partial charge on any atom is 0.0345 e. The van der Waals surface area contributed by atoms with Crippen LogP contribution in [0.2, 0.25) is 0 Å². The van der Waals surface area contributed by atoms with Crippen LogP contribution in [0, 0.1) is 6.92 Å². The first kappa shape index (κ1) is 12.2. The molecule has 94 valence electrons. The second-order valence-electron chi connectivity index (χ2n) is 4.90. The van der Waals surface area contributed by atoms with Crippen molar-refractivity contribution in [1.82, 2.24) is 4.90 Å². The predicted octanol–water partition coefficient (Wildman–Crippen LogP) is 2.48. The van der Waals surface area contributed by atoms with Gasteiger partial charge in [-0.05, 0) is 69.6 Å². The molecule has 3 N–H and O–H groups in total. The average molecular weight is 233 g/mol. The number of benzene rings is 1. The molecule has 1 fully saturated rings. The average Bonchev–Trinajstić information content (AvgIpc) is 2.82. The molecule has 0 atom stereocenters. The number of hydrogen-bond acceptors (Lipinski definition) is 3. The Morgan fingerprint density at radius 2 is 2.06 bits per heavy atom. The number of nitrogens with one attached hydrogen (secondary N) is 1. The van der Waals surface area contributed by atoms with Crippen LogP contribution in [0.25, 0.3) is 0 Å². The van der Waals surface area contributed by atoms with Crippen LogP contribution >= 0.6 is 0 Å². The first-order valence-corrected chi connectivity index (χ1v) is 6.58. The van der Waals surface area contributed by atoms with Gasteiger partial charge in [-0.25, -0.2) is 0 Å². The van der Waals surface area contributed by atoms with E-state index in [-0.39, 0.29) is 0 Å². The van der Waals surface area contributed by atoms with Gasteiger partial charge in [-0.1, -0.05) is 0 Å². The van der Waals surface area contributed by atoms with E-state index < -0.39 is 0 Å². The third-order valence-corrected chi connectivity index (χ3v) is 3.45. The van der Waals surface area contributed by atoms with Crippen molar-refractivity contribution in [3.8, 4) is 0 Å². The molecule has 0 amide bonds. The minimum absolute atomic E-state index is 0.868. The van der Waals surface area contributed by atoms with Crippen LogP contribution < -0.4 is 11.1 Å². The minimum atomic E-state index is 0.868. The highest BCUT2D eigenvalue weighted by atomic mass is 15.1. The van der Waals surface area contributed by atoms with Gasteiger partial charge in [0.1, 0.15) is 0 Å². The van der Waals surface area contributed by atoms with Gasteiger partial charge in [-0.2, -0.15) is 0 Å². The lowest BCUT2D eigenvalue weighted by molar-refractivity contribution is 0.337. The Hall–Kier alpha value is -1.22. The van der Waals surface area contributed by atoms with Gasteiger partial charge in [0, 0.05) is 17.9 Å². The molecule has 0 spiro atoms. The predicted molar refractivity (Wildman–Crippen MR) is 74.4 cm³/mol. The number of nitrogen functional groups attached to an aromatic ring is 1. The maximum atomic E-state index is 5.79. The summed E-state index contributed by atoms with van der Waals surface area (Å²) in [7, 11) is 0. The molecule has 0 aromatic heterocycles. The summed E-state index contributed by atoms with van der Waals surface area (Å²) in [6.45, 7) is 6.90. The highest BCUT2D eigenvalue weighted by Crippen LogP contribution is 2.16. The lowest BCUT2D eigenvalue weighted by Crippen LogP contribution is -2.22. The van der Waals surface area contributed by atoms with Crippen molar-refractivity contribution in [2.45, 2.75) is 26.2 Å². The van der Waals surface area contributed by atoms with E-state index in [9.17, 15) is 0 Å². The second kappa shape index (κ2) is 5.92. The van der Waals surface area contributed by atoms with E-state index in [2.05, 4.69) is 22.3 Å². The fourth-order valence-corrected chi connectivity index (χ4v) is 2.33. The van der Waals surface area contributed by atoms with Crippen molar-refractivity contribution in [2.75, 3.05) is 37.2 Å². The smallest absolute Gasteiger partial charge is 0.0345 e. The van der Waals surface area contributed by atoms with Crippen molar-refractivity contribution in [1.29, 1.82) is 0 Å². The Labute approximate surface area is 104 Å². The van der Waals surface area contributed by atoms with Gasteiger partial charge in [-0.15, -0.1) is 0 Å². The number of anilines is 2. The van der Waals surface area contributed by atoms with Crippen molar-refractivity contribution >= 4 is 11.4 Å². The van der Waals surface area contributed by atoms with Crippen LogP contribution in [0.3, 0.4) is 0 Å². The molecule has 0 unspecified atom stereocenters. The van der Waals surface area contributed by atoms with E-state index in [1.807, 2.05) is 13.0 Å². The van der Waals surface area contributed by atoms with Crippen LogP contribution in [0.15, 0.2) is 18.2 Å². The molecular formula is C14H23N3. The van der Waals surface area contributed by atoms with Crippen molar-refractivity contribution < 1.29 is 0 Å². The lowest BCUT2D eigenvalue weighted by atomic mass is 10.2. The summed E-state index contributed by atoms with van der Waals surface area (Å²) in [4.78, 5) is 2.55. The van der Waals surface area contributed by atoms with Crippen LogP contribution in [-0.4, -0.2) is 31.1 Å². The Kier molecular flexibility index (Phi) is 4.26. The van der Waals surface area contributed by atoms with Gasteiger partial charge < -0.3 is 16.0 Å². The fraction of sp³-hybridized carbons (Fsp3) is 0.571. The molecule has 0 radical (unpaired) electrons. The van der Waals surface area contributed by atoms with Crippen molar-refractivity contribution in [2.24, 2.45) is 0 Å². The van der Waals surface area contributed by atoms with E-state index in [1.54, 1.807) is 0 Å². The van der Waals surface area contributed by atoms with Crippen LogP contribution in [0.4, 0.5) is 11.4 Å². The van der Waals surface area contributed by atoms with E-state index in [0.717, 1.165) is 17.8 Å². The first-order chi connectivity index (χ1) is 8.25. The topological polar surface area (TPSA) is 41.3 Å². The summed E-state index contributed by atoms with van der Waals surface area (Å²) in [6.07, 6.45) is 3.97. The van der Waals surface area contributed by atoms with Gasteiger partial charge in [0.15, 0.2) is 0 Å². The lowest BCUT2D eigenvalue weighted by Gasteiger charge is -2.15. The van der Waals surface area contributed by atoms with Crippen molar-refractivity contribution in [3.63, 3.8) is 0 Å². The zero-order valence-corrected chi connectivity index (χ0v) is 10.7. The highest BCUT2D eigenvalue weighted by molar-refractivity contribution is 5.56. The summed E-state index contributed by atoms with van der Waals surface area (Å²) in [5.41, 5.74) is 8.99. The van der Waals surface area contributed by atoms with E-state index in [4.69, 9.17) is 5.73 Å². The third kappa shape index (κ3) is 3.63. The number of aryl methyl sites for hydroxylation is 1. The van der Waals surface area contributed by atoms with E-state index in [0.29, 0.717) is 0 Å². The molecule has 1 saturated heterocycles. The van der Waals surface area contributed by atoms with Gasteiger partial charge in [0.05, 0.1) is 0 Å². The first-order valence-electron chi connectivity index (χ1n) is 6.58. The third-order valence-electron chi connectivity index (χ3n) is 3.45. The number of nitrogens with zero attached hydrogens (tertiary/aromatic N) is 1. The monoisotopic (exact) mass is 233 g/mol. The number of rotatable bonds is 5. The van der Waals surface area contributed by atoms with Crippen LogP contribution in [0.1, 0.15) is 24.8 Å². The Balaban J connectivity index is 1.68. The number of likely N-dealkylation sites (tertiary alicyclic amines) is 1. The summed E-state index contributed by atoms with van der Waals surface area (Å²) in [5.74, 6) is 0. The number of hydrogen-bond donors (Lipinski definition) is 2. The number of nitrogens with two attached hydrogens (primary N) is 1. The molecule has 17 heavy (non-hydrogen) atoms. The Bertz CT molecular complexity index is 356. The molecule has 1 aliphatic rings. The molecule has 1 aromatic rings. The van der Waals surface area contributed by atoms with Crippen molar-refractivity contribution in [3.05, 3.63) is 23.8 Å². The zero-order chi connectivity index (χ0) is 12.1. The summed E-state index contributed by atoms with van der Waals surface area (Å²) >= 11 is 0. The molecule has 1 aliphatic heterocycles. The van der Waals surface area contributed by atoms with E-state index >= 15 is 0 Å². The quantitative estimate of drug-likeness (QED) is 0.606. The second-order valence-corrected chi connectivity index (χ2v) is 4.90. The molecule has 1 aromatic carbocycles. The maximum absolute atomic E-state index is 5.79. The minimum Gasteiger partial charge on any atom is -0.399 e. The van der Waals surface area contributed by atoms with Gasteiger partial charge in [0.2, 0.25) is 0 Å². The summed E-state index contributed by atoms with van der Waals surface area (Å²) < 4.78 is 0.